The lowest BCUT2D eigenvalue weighted by Gasteiger charge is -2.13. The molecule has 0 saturated heterocycles. The van der Waals surface area contributed by atoms with E-state index >= 15 is 0 Å². The average Bonchev–Trinajstić information content (AvgIpc) is 2.64. The summed E-state index contributed by atoms with van der Waals surface area (Å²) in [6, 6.07) is 0. The first-order valence-electron chi connectivity index (χ1n) is 6.19. The zero-order valence-electron chi connectivity index (χ0n) is 11.3. The SMILES string of the molecule is CCc1ncc2c(C(C)C)nn(C)c2c1C(F)(F)F. The van der Waals surface area contributed by atoms with Gasteiger partial charge in [-0.05, 0) is 12.3 Å². The van der Waals surface area contributed by atoms with E-state index in [9.17, 15) is 13.2 Å². The summed E-state index contributed by atoms with van der Waals surface area (Å²) in [7, 11) is 1.54. The van der Waals surface area contributed by atoms with Gasteiger partial charge in [0.2, 0.25) is 0 Å². The van der Waals surface area contributed by atoms with Crippen molar-refractivity contribution >= 4 is 10.9 Å². The minimum Gasteiger partial charge on any atom is -0.267 e. The molecule has 3 nitrogen and oxygen atoms in total. The number of rotatable bonds is 2. The Hall–Kier alpha value is -1.59. The molecule has 2 heterocycles. The van der Waals surface area contributed by atoms with E-state index in [-0.39, 0.29) is 23.5 Å². The van der Waals surface area contributed by atoms with Crippen LogP contribution in [0.3, 0.4) is 0 Å². The van der Waals surface area contributed by atoms with E-state index < -0.39 is 11.7 Å². The van der Waals surface area contributed by atoms with Gasteiger partial charge in [0.05, 0.1) is 16.9 Å². The van der Waals surface area contributed by atoms with Crippen molar-refractivity contribution in [3.05, 3.63) is 23.1 Å². The van der Waals surface area contributed by atoms with Gasteiger partial charge >= 0.3 is 6.18 Å². The summed E-state index contributed by atoms with van der Waals surface area (Å²) in [5, 5.41) is 4.70. The Kier molecular flexibility index (Phi) is 3.28. The standard InChI is InChI=1S/C13H16F3N3/c1-5-9-10(13(14,15)16)12-8(6-17-9)11(7(2)3)18-19(12)4/h6-7H,5H2,1-4H3. The predicted octanol–water partition coefficient (Wildman–Crippen LogP) is 3.67. The summed E-state index contributed by atoms with van der Waals surface area (Å²) in [5.74, 6) is 0.0547. The molecule has 0 aliphatic heterocycles. The molecule has 0 atom stereocenters. The van der Waals surface area contributed by atoms with E-state index in [0.29, 0.717) is 11.1 Å². The molecule has 0 spiro atoms. The van der Waals surface area contributed by atoms with E-state index in [4.69, 9.17) is 0 Å². The van der Waals surface area contributed by atoms with Crippen molar-refractivity contribution in [2.45, 2.75) is 39.3 Å². The number of aryl methyl sites for hydroxylation is 2. The van der Waals surface area contributed by atoms with Crippen molar-refractivity contribution in [2.24, 2.45) is 7.05 Å². The molecule has 104 valence electrons. The maximum atomic E-state index is 13.3. The Balaban J connectivity index is 2.90. The molecule has 0 bridgehead atoms. The highest BCUT2D eigenvalue weighted by atomic mass is 19.4. The smallest absolute Gasteiger partial charge is 0.267 e. The van der Waals surface area contributed by atoms with Crippen molar-refractivity contribution < 1.29 is 13.2 Å². The number of fused-ring (bicyclic) bond motifs is 1. The summed E-state index contributed by atoms with van der Waals surface area (Å²) < 4.78 is 41.1. The number of nitrogens with zero attached hydrogens (tertiary/aromatic N) is 3. The molecule has 2 rings (SSSR count). The highest BCUT2D eigenvalue weighted by Crippen LogP contribution is 2.38. The fourth-order valence-corrected chi connectivity index (χ4v) is 2.32. The van der Waals surface area contributed by atoms with Gasteiger partial charge in [0, 0.05) is 18.6 Å². The summed E-state index contributed by atoms with van der Waals surface area (Å²) in [5.41, 5.74) is 0.189. The molecular formula is C13H16F3N3. The van der Waals surface area contributed by atoms with E-state index in [2.05, 4.69) is 10.1 Å². The van der Waals surface area contributed by atoms with E-state index in [1.165, 1.54) is 10.9 Å². The first-order chi connectivity index (χ1) is 8.77. The molecule has 0 aliphatic carbocycles. The number of hydrogen-bond donors (Lipinski definition) is 0. The second kappa shape index (κ2) is 4.51. The Bertz CT molecular complexity index is 612. The topological polar surface area (TPSA) is 30.7 Å². The summed E-state index contributed by atoms with van der Waals surface area (Å²) in [6.45, 7) is 5.48. The van der Waals surface area contributed by atoms with E-state index in [1.54, 1.807) is 14.0 Å². The van der Waals surface area contributed by atoms with Crippen LogP contribution in [0.25, 0.3) is 10.9 Å². The van der Waals surface area contributed by atoms with Crippen LogP contribution in [0.2, 0.25) is 0 Å². The van der Waals surface area contributed by atoms with Gasteiger partial charge in [-0.25, -0.2) is 0 Å². The van der Waals surface area contributed by atoms with Crippen LogP contribution >= 0.6 is 0 Å². The van der Waals surface area contributed by atoms with Crippen LogP contribution in [0.4, 0.5) is 13.2 Å². The second-order valence-electron chi connectivity index (χ2n) is 4.86. The largest absolute Gasteiger partial charge is 0.420 e. The van der Waals surface area contributed by atoms with Crippen molar-refractivity contribution in [1.82, 2.24) is 14.8 Å². The molecule has 0 saturated carbocycles. The molecule has 0 aliphatic rings. The molecule has 0 N–H and O–H groups in total. The number of aromatic nitrogens is 3. The zero-order valence-corrected chi connectivity index (χ0v) is 11.3. The van der Waals surface area contributed by atoms with Crippen molar-refractivity contribution in [1.29, 1.82) is 0 Å². The lowest BCUT2D eigenvalue weighted by atomic mass is 10.0. The van der Waals surface area contributed by atoms with Crippen LogP contribution in [0.5, 0.6) is 0 Å². The minimum atomic E-state index is -4.42. The number of alkyl halides is 3. The molecule has 0 unspecified atom stereocenters. The molecule has 0 fully saturated rings. The monoisotopic (exact) mass is 271 g/mol. The van der Waals surface area contributed by atoms with Gasteiger partial charge < -0.3 is 0 Å². The lowest BCUT2D eigenvalue weighted by molar-refractivity contribution is -0.137. The van der Waals surface area contributed by atoms with Gasteiger partial charge in [-0.1, -0.05) is 20.8 Å². The molecule has 2 aromatic rings. The molecule has 19 heavy (non-hydrogen) atoms. The van der Waals surface area contributed by atoms with E-state index in [0.717, 1.165) is 0 Å². The van der Waals surface area contributed by atoms with Crippen molar-refractivity contribution in [2.75, 3.05) is 0 Å². The molecular weight excluding hydrogens is 255 g/mol. The van der Waals surface area contributed by atoms with E-state index in [1.807, 2.05) is 13.8 Å². The second-order valence-corrected chi connectivity index (χ2v) is 4.86. The van der Waals surface area contributed by atoms with Gasteiger partial charge in [0.25, 0.3) is 0 Å². The van der Waals surface area contributed by atoms with Crippen LogP contribution in [0.15, 0.2) is 6.20 Å². The average molecular weight is 271 g/mol. The van der Waals surface area contributed by atoms with Crippen LogP contribution in [-0.4, -0.2) is 14.8 Å². The fraction of sp³-hybridized carbons (Fsp3) is 0.538. The predicted molar refractivity (Wildman–Crippen MR) is 67.0 cm³/mol. The zero-order chi connectivity index (χ0) is 14.4. The molecule has 0 amide bonds. The Labute approximate surface area is 109 Å². The maximum Gasteiger partial charge on any atom is 0.420 e. The van der Waals surface area contributed by atoms with Crippen LogP contribution < -0.4 is 0 Å². The Morgan fingerprint density at radius 2 is 1.95 bits per heavy atom. The molecule has 6 heteroatoms. The van der Waals surface area contributed by atoms with Crippen molar-refractivity contribution in [3.8, 4) is 0 Å². The van der Waals surface area contributed by atoms with Gasteiger partial charge in [-0.3, -0.25) is 9.67 Å². The quantitative estimate of drug-likeness (QED) is 0.834. The molecule has 0 radical (unpaired) electrons. The number of pyridine rings is 1. The van der Waals surface area contributed by atoms with Gasteiger partial charge in [-0.2, -0.15) is 18.3 Å². The first-order valence-corrected chi connectivity index (χ1v) is 6.19. The van der Waals surface area contributed by atoms with Gasteiger partial charge in [0.1, 0.15) is 5.56 Å². The lowest BCUT2D eigenvalue weighted by Crippen LogP contribution is -2.13. The minimum absolute atomic E-state index is 0.0547. The van der Waals surface area contributed by atoms with Crippen LogP contribution in [0, 0.1) is 0 Å². The van der Waals surface area contributed by atoms with Crippen LogP contribution in [0.1, 0.15) is 43.6 Å². The Morgan fingerprint density at radius 3 is 2.42 bits per heavy atom. The third-order valence-corrected chi connectivity index (χ3v) is 3.15. The summed E-state index contributed by atoms with van der Waals surface area (Å²) in [6.07, 6.45) is -2.67. The number of hydrogen-bond acceptors (Lipinski definition) is 2. The molecule has 2 aromatic heterocycles. The Morgan fingerprint density at radius 1 is 1.32 bits per heavy atom. The highest BCUT2D eigenvalue weighted by molar-refractivity contribution is 5.85. The fourth-order valence-electron chi connectivity index (χ4n) is 2.32. The summed E-state index contributed by atoms with van der Waals surface area (Å²) in [4.78, 5) is 3.97. The van der Waals surface area contributed by atoms with Crippen LogP contribution in [-0.2, 0) is 19.6 Å². The van der Waals surface area contributed by atoms with Gasteiger partial charge in [0.15, 0.2) is 0 Å². The third-order valence-electron chi connectivity index (χ3n) is 3.15. The van der Waals surface area contributed by atoms with Crippen molar-refractivity contribution in [3.63, 3.8) is 0 Å². The first kappa shape index (κ1) is 13.8. The normalized spacial score (nSPS) is 12.6. The summed E-state index contributed by atoms with van der Waals surface area (Å²) >= 11 is 0. The van der Waals surface area contributed by atoms with Gasteiger partial charge in [-0.15, -0.1) is 0 Å². The third kappa shape index (κ3) is 2.19. The molecule has 0 aromatic carbocycles. The highest BCUT2D eigenvalue weighted by Gasteiger charge is 2.37. The maximum absolute atomic E-state index is 13.3. The number of halogens is 3.